The van der Waals surface area contributed by atoms with Crippen molar-refractivity contribution in [1.82, 2.24) is 0 Å². The van der Waals surface area contributed by atoms with Crippen molar-refractivity contribution in [2.24, 2.45) is 0 Å². The van der Waals surface area contributed by atoms with E-state index in [0.717, 1.165) is 26.9 Å². The molecule has 6 heteroatoms. The van der Waals surface area contributed by atoms with Crippen LogP contribution in [-0.2, 0) is 0 Å². The van der Waals surface area contributed by atoms with Gasteiger partial charge in [-0.25, -0.2) is 0 Å². The predicted octanol–water partition coefficient (Wildman–Crippen LogP) is 7.40. The molecule has 0 radical (unpaired) electrons. The first-order valence-corrected chi connectivity index (χ1v) is 16.9. The van der Waals surface area contributed by atoms with Gasteiger partial charge in [0.2, 0.25) is 0 Å². The van der Waals surface area contributed by atoms with Crippen LogP contribution in [0, 0.1) is 0 Å². The van der Waals surface area contributed by atoms with Gasteiger partial charge < -0.3 is 14.7 Å². The van der Waals surface area contributed by atoms with E-state index in [1.54, 1.807) is 6.07 Å². The molecule has 43 heavy (non-hydrogen) atoms. The van der Waals surface area contributed by atoms with Gasteiger partial charge in [0.05, 0.1) is 0 Å². The van der Waals surface area contributed by atoms with Gasteiger partial charge in [0.1, 0.15) is 5.75 Å². The molecule has 7 aromatic carbocycles. The largest absolute Gasteiger partial charge is 0.707 e. The van der Waals surface area contributed by atoms with E-state index in [0.29, 0.717) is 11.4 Å². The zero-order valence-electron chi connectivity index (χ0n) is 23.5. The minimum absolute atomic E-state index is 0.466. The molecule has 3 nitrogen and oxygen atoms in total. The van der Waals surface area contributed by atoms with Gasteiger partial charge in [-0.2, -0.15) is 0 Å². The minimum atomic E-state index is -2.13. The van der Waals surface area contributed by atoms with E-state index in [1.165, 1.54) is 21.3 Å². The van der Waals surface area contributed by atoms with Crippen LogP contribution >= 0.6 is 18.9 Å². The molecule has 0 bridgehead atoms. The predicted molar refractivity (Wildman–Crippen MR) is 187 cm³/mol. The van der Waals surface area contributed by atoms with Crippen molar-refractivity contribution in [2.45, 2.75) is 0 Å². The van der Waals surface area contributed by atoms with Crippen LogP contribution in [0.1, 0.15) is 0 Å². The van der Waals surface area contributed by atoms with Crippen molar-refractivity contribution in [3.63, 3.8) is 0 Å². The molecule has 0 aliphatic carbocycles. The first-order chi connectivity index (χ1) is 21.1. The first kappa shape index (κ1) is 28.9. The fourth-order valence-electron chi connectivity index (χ4n) is 5.88. The molecule has 0 fully saturated rings. The summed E-state index contributed by atoms with van der Waals surface area (Å²) in [5.74, 6) is 0.466. The molecular formula is C37H31BClO3P. The number of halogens is 1. The van der Waals surface area contributed by atoms with Gasteiger partial charge in [0, 0.05) is 5.39 Å². The maximum Gasteiger partial charge on any atom is 0.707 e. The molecule has 0 aliphatic rings. The number of rotatable bonds is 6. The number of hydrogen-bond acceptors (Lipinski definition) is 3. The fraction of sp³-hybridized carbons (Fsp3) is 0.0270. The van der Waals surface area contributed by atoms with Crippen LogP contribution in [0.5, 0.6) is 5.75 Å². The summed E-state index contributed by atoms with van der Waals surface area (Å²) in [5.41, 5.74) is 0.644. The van der Waals surface area contributed by atoms with E-state index >= 15 is 0 Å². The van der Waals surface area contributed by atoms with Gasteiger partial charge in [0.15, 0.2) is 0 Å². The Kier molecular flexibility index (Phi) is 8.74. The molecule has 0 atom stereocenters. The molecule has 0 aliphatic heterocycles. The van der Waals surface area contributed by atoms with Crippen molar-refractivity contribution < 1.29 is 14.7 Å². The van der Waals surface area contributed by atoms with Crippen LogP contribution in [0.15, 0.2) is 158 Å². The zero-order chi connectivity index (χ0) is 29.6. The zero-order valence-corrected chi connectivity index (χ0v) is 25.2. The molecule has 7 rings (SSSR count). The van der Waals surface area contributed by atoms with Gasteiger partial charge in [-0.1, -0.05) is 48.5 Å². The normalized spacial score (nSPS) is 11.6. The Labute approximate surface area is 257 Å². The third kappa shape index (κ3) is 5.88. The molecule has 0 unspecified atom stereocenters. The molecule has 0 saturated heterocycles. The SMILES string of the molecule is ClC[PH](c1ccccc1)(c1ccccc1)c1ccccc1.OB(O)Oc1cccc2ccc3cc4ccccc4cc3c12. The van der Waals surface area contributed by atoms with Gasteiger partial charge in [-0.05, 0) is 45.1 Å². The van der Waals surface area contributed by atoms with Crippen LogP contribution in [0.2, 0.25) is 0 Å². The maximum atomic E-state index is 9.14. The third-order valence-corrected chi connectivity index (χ3v) is 13.5. The van der Waals surface area contributed by atoms with Crippen LogP contribution in [0.25, 0.3) is 32.3 Å². The van der Waals surface area contributed by atoms with Crippen LogP contribution in [0.3, 0.4) is 0 Å². The van der Waals surface area contributed by atoms with E-state index in [9.17, 15) is 0 Å². The summed E-state index contributed by atoms with van der Waals surface area (Å²) in [6, 6.07) is 54.2. The second-order valence-corrected chi connectivity index (χ2v) is 15.0. The van der Waals surface area contributed by atoms with E-state index < -0.39 is 14.6 Å². The number of fused-ring (bicyclic) bond motifs is 4. The summed E-state index contributed by atoms with van der Waals surface area (Å²) in [6.45, 7) is 0. The molecule has 7 aromatic rings. The Morgan fingerprint density at radius 3 is 1.49 bits per heavy atom. The Balaban J connectivity index is 0.000000153. The Morgan fingerprint density at radius 2 is 0.977 bits per heavy atom. The Morgan fingerprint density at radius 1 is 0.512 bits per heavy atom. The molecule has 0 spiro atoms. The van der Waals surface area contributed by atoms with E-state index in [4.69, 9.17) is 26.3 Å². The number of hydrogen-bond donors (Lipinski definition) is 2. The molecule has 0 heterocycles. The molecule has 0 aromatic heterocycles. The molecule has 212 valence electrons. The number of benzene rings is 7. The average molecular weight is 601 g/mol. The summed E-state index contributed by atoms with van der Waals surface area (Å²) in [5, 5.41) is 28.7. The second-order valence-electron chi connectivity index (χ2n) is 10.4. The standard InChI is InChI=1S/C19H18ClP.C18H13BO3/c20-16-21(17-10-4-1-5-11-17,18-12-6-2-7-13-18)19-14-8-3-9-15-19;20-19(21)22-17-7-3-6-12-8-9-15-10-13-4-1-2-5-14(13)11-16(15)18(12)17/h1-15,21H,16H2;1-11,20-21H. The molecule has 0 saturated carbocycles. The quantitative estimate of drug-likeness (QED) is 0.0688. The van der Waals surface area contributed by atoms with Crippen molar-refractivity contribution in [1.29, 1.82) is 0 Å². The first-order valence-electron chi connectivity index (χ1n) is 14.2. The summed E-state index contributed by atoms with van der Waals surface area (Å²) in [7, 11) is -3.96. The second kappa shape index (κ2) is 13.0. The monoisotopic (exact) mass is 600 g/mol. The topological polar surface area (TPSA) is 49.7 Å². The summed E-state index contributed by atoms with van der Waals surface area (Å²) in [6.07, 6.45) is 0. The maximum absolute atomic E-state index is 9.14. The summed E-state index contributed by atoms with van der Waals surface area (Å²) >= 11 is 6.59. The van der Waals surface area contributed by atoms with Crippen molar-refractivity contribution >= 4 is 74.4 Å². The van der Waals surface area contributed by atoms with Crippen molar-refractivity contribution in [3.8, 4) is 5.75 Å². The van der Waals surface area contributed by atoms with Crippen LogP contribution in [0.4, 0.5) is 0 Å². The Bertz CT molecular complexity index is 1870. The fourth-order valence-corrected chi connectivity index (χ4v) is 11.0. The van der Waals surface area contributed by atoms with Crippen molar-refractivity contribution in [2.75, 3.05) is 5.62 Å². The smallest absolute Gasteiger partial charge is 0.511 e. The summed E-state index contributed by atoms with van der Waals surface area (Å²) in [4.78, 5) is 0. The minimum Gasteiger partial charge on any atom is -0.511 e. The van der Waals surface area contributed by atoms with Gasteiger partial charge in [-0.3, -0.25) is 0 Å². The third-order valence-electron chi connectivity index (χ3n) is 7.92. The van der Waals surface area contributed by atoms with E-state index in [2.05, 4.69) is 121 Å². The van der Waals surface area contributed by atoms with E-state index in [1.807, 2.05) is 30.3 Å². The van der Waals surface area contributed by atoms with Gasteiger partial charge >= 0.3 is 139 Å². The Hall–Kier alpha value is -4.18. The number of alkyl halides is 1. The molecule has 2 N–H and O–H groups in total. The van der Waals surface area contributed by atoms with Gasteiger partial charge in [0.25, 0.3) is 0 Å². The average Bonchev–Trinajstić information content (AvgIpc) is 3.06. The van der Waals surface area contributed by atoms with Crippen LogP contribution < -0.4 is 20.6 Å². The van der Waals surface area contributed by atoms with Crippen molar-refractivity contribution in [3.05, 3.63) is 158 Å². The van der Waals surface area contributed by atoms with Gasteiger partial charge in [-0.15, -0.1) is 0 Å². The van der Waals surface area contributed by atoms with Crippen LogP contribution in [-0.4, -0.2) is 23.0 Å². The summed E-state index contributed by atoms with van der Waals surface area (Å²) < 4.78 is 5.16. The van der Waals surface area contributed by atoms with E-state index in [-0.39, 0.29) is 0 Å². The molecule has 0 amide bonds. The molecular weight excluding hydrogens is 570 g/mol.